The van der Waals surface area contributed by atoms with Gasteiger partial charge < -0.3 is 4.57 Å². The Morgan fingerprint density at radius 3 is 2.29 bits per heavy atom. The summed E-state index contributed by atoms with van der Waals surface area (Å²) in [5, 5.41) is 0. The van der Waals surface area contributed by atoms with Crippen molar-refractivity contribution in [1.82, 2.24) is 9.55 Å². The molecule has 1 atom stereocenters. The van der Waals surface area contributed by atoms with Crippen molar-refractivity contribution in [1.29, 1.82) is 0 Å². The number of carbonyl (C=O) groups excluding carboxylic acids is 1. The Bertz CT molecular complexity index is 691. The summed E-state index contributed by atoms with van der Waals surface area (Å²) >= 11 is 0. The molecule has 21 heavy (non-hydrogen) atoms. The van der Waals surface area contributed by atoms with Gasteiger partial charge in [-0.1, -0.05) is 60.7 Å². The zero-order valence-electron chi connectivity index (χ0n) is 11.6. The van der Waals surface area contributed by atoms with E-state index in [-0.39, 0.29) is 11.8 Å². The maximum Gasteiger partial charge on any atom is 0.185 e. The Labute approximate surface area is 123 Å². The first kappa shape index (κ1) is 13.3. The Kier molecular flexibility index (Phi) is 3.92. The van der Waals surface area contributed by atoms with Crippen LogP contribution in [-0.2, 0) is 6.42 Å². The molecule has 0 aliphatic rings. The molecule has 3 heteroatoms. The SMILES string of the molecule is O=C(c1ccccc1)C(Cc1ccccc1)n1ccnc1. The van der Waals surface area contributed by atoms with Crippen LogP contribution < -0.4 is 0 Å². The van der Waals surface area contributed by atoms with Gasteiger partial charge in [0.05, 0.1) is 6.33 Å². The van der Waals surface area contributed by atoms with Crippen molar-refractivity contribution in [3.63, 3.8) is 0 Å². The number of Topliss-reactive ketones (excluding diaryl/α,β-unsaturated/α-hetero) is 1. The second kappa shape index (κ2) is 6.18. The highest BCUT2D eigenvalue weighted by Gasteiger charge is 2.21. The molecular formula is C18H16N2O. The van der Waals surface area contributed by atoms with Crippen LogP contribution in [0.2, 0.25) is 0 Å². The number of aromatic nitrogens is 2. The zero-order valence-corrected chi connectivity index (χ0v) is 11.6. The molecule has 0 amide bonds. The molecule has 1 unspecified atom stereocenters. The zero-order chi connectivity index (χ0) is 14.5. The van der Waals surface area contributed by atoms with Crippen molar-refractivity contribution in [3.05, 3.63) is 90.5 Å². The Hall–Kier alpha value is -2.68. The Morgan fingerprint density at radius 1 is 1.00 bits per heavy atom. The van der Waals surface area contributed by atoms with E-state index in [4.69, 9.17) is 0 Å². The van der Waals surface area contributed by atoms with Crippen molar-refractivity contribution in [2.75, 3.05) is 0 Å². The van der Waals surface area contributed by atoms with Gasteiger partial charge in [0.25, 0.3) is 0 Å². The van der Waals surface area contributed by atoms with Crippen LogP contribution >= 0.6 is 0 Å². The van der Waals surface area contributed by atoms with E-state index in [1.165, 1.54) is 0 Å². The first-order valence-electron chi connectivity index (χ1n) is 6.95. The topological polar surface area (TPSA) is 34.9 Å². The van der Waals surface area contributed by atoms with E-state index in [0.717, 1.165) is 11.1 Å². The van der Waals surface area contributed by atoms with Crippen LogP contribution in [0, 0.1) is 0 Å². The predicted molar refractivity (Wildman–Crippen MR) is 82.2 cm³/mol. The summed E-state index contributed by atoms with van der Waals surface area (Å²) in [7, 11) is 0. The second-order valence-corrected chi connectivity index (χ2v) is 4.95. The van der Waals surface area contributed by atoms with Gasteiger partial charge in [-0.3, -0.25) is 4.79 Å². The fraction of sp³-hybridized carbons (Fsp3) is 0.111. The lowest BCUT2D eigenvalue weighted by atomic mass is 9.97. The molecule has 2 aromatic carbocycles. The van der Waals surface area contributed by atoms with E-state index < -0.39 is 0 Å². The lowest BCUT2D eigenvalue weighted by molar-refractivity contribution is 0.0924. The number of imidazole rings is 1. The van der Waals surface area contributed by atoms with Gasteiger partial charge in [0.1, 0.15) is 6.04 Å². The highest BCUT2D eigenvalue weighted by Crippen LogP contribution is 2.19. The molecule has 0 bridgehead atoms. The molecule has 3 rings (SSSR count). The number of carbonyl (C=O) groups is 1. The lowest BCUT2D eigenvalue weighted by Gasteiger charge is -2.17. The summed E-state index contributed by atoms with van der Waals surface area (Å²) in [6.45, 7) is 0. The Balaban J connectivity index is 1.92. The minimum Gasteiger partial charge on any atom is -0.326 e. The van der Waals surface area contributed by atoms with Gasteiger partial charge in [0.15, 0.2) is 5.78 Å². The molecule has 3 nitrogen and oxygen atoms in total. The number of benzene rings is 2. The minimum atomic E-state index is -0.266. The average molecular weight is 276 g/mol. The number of hydrogen-bond acceptors (Lipinski definition) is 2. The van der Waals surface area contributed by atoms with E-state index in [1.807, 2.05) is 71.4 Å². The van der Waals surface area contributed by atoms with Gasteiger partial charge in [-0.05, 0) is 5.56 Å². The fourth-order valence-corrected chi connectivity index (χ4v) is 2.42. The van der Waals surface area contributed by atoms with Gasteiger partial charge in [-0.25, -0.2) is 4.98 Å². The summed E-state index contributed by atoms with van der Waals surface area (Å²) in [5.41, 5.74) is 1.87. The van der Waals surface area contributed by atoms with Gasteiger partial charge in [0, 0.05) is 24.4 Å². The number of nitrogens with zero attached hydrogens (tertiary/aromatic N) is 2. The van der Waals surface area contributed by atoms with Crippen LogP contribution in [-0.4, -0.2) is 15.3 Å². The highest BCUT2D eigenvalue weighted by molar-refractivity contribution is 5.99. The molecule has 3 aromatic rings. The van der Waals surface area contributed by atoms with Crippen molar-refractivity contribution in [2.45, 2.75) is 12.5 Å². The highest BCUT2D eigenvalue weighted by atomic mass is 16.1. The molecule has 104 valence electrons. The largest absolute Gasteiger partial charge is 0.326 e. The first-order chi connectivity index (χ1) is 10.3. The third kappa shape index (κ3) is 3.08. The molecule has 0 radical (unpaired) electrons. The number of ketones is 1. The molecule has 0 saturated heterocycles. The predicted octanol–water partition coefficient (Wildman–Crippen LogP) is 3.55. The molecule has 0 spiro atoms. The summed E-state index contributed by atoms with van der Waals surface area (Å²) in [6.07, 6.45) is 5.91. The smallest absolute Gasteiger partial charge is 0.185 e. The van der Waals surface area contributed by atoms with Crippen LogP contribution in [0.25, 0.3) is 0 Å². The molecule has 1 aromatic heterocycles. The van der Waals surface area contributed by atoms with Crippen LogP contribution in [0.5, 0.6) is 0 Å². The molecule has 0 fully saturated rings. The molecule has 0 N–H and O–H groups in total. The Morgan fingerprint density at radius 2 is 1.67 bits per heavy atom. The molecule has 0 aliphatic heterocycles. The van der Waals surface area contributed by atoms with E-state index in [1.54, 1.807) is 12.5 Å². The van der Waals surface area contributed by atoms with E-state index in [0.29, 0.717) is 6.42 Å². The van der Waals surface area contributed by atoms with Crippen LogP contribution in [0.15, 0.2) is 79.4 Å². The standard InChI is InChI=1S/C18H16N2O/c21-18(16-9-5-2-6-10-16)17(20-12-11-19-14-20)13-15-7-3-1-4-8-15/h1-12,14,17H,13H2. The van der Waals surface area contributed by atoms with Crippen molar-refractivity contribution >= 4 is 5.78 Å². The summed E-state index contributed by atoms with van der Waals surface area (Å²) in [5.74, 6) is 0.109. The number of rotatable bonds is 5. The minimum absolute atomic E-state index is 0.109. The third-order valence-corrected chi connectivity index (χ3v) is 3.52. The van der Waals surface area contributed by atoms with Crippen molar-refractivity contribution in [2.24, 2.45) is 0 Å². The van der Waals surface area contributed by atoms with E-state index in [9.17, 15) is 4.79 Å². The fourth-order valence-electron chi connectivity index (χ4n) is 2.42. The normalized spacial score (nSPS) is 12.0. The van der Waals surface area contributed by atoms with Crippen LogP contribution in [0.3, 0.4) is 0 Å². The van der Waals surface area contributed by atoms with Crippen LogP contribution in [0.4, 0.5) is 0 Å². The van der Waals surface area contributed by atoms with Gasteiger partial charge in [0.2, 0.25) is 0 Å². The summed E-state index contributed by atoms with van der Waals surface area (Å²) in [6, 6.07) is 19.2. The quantitative estimate of drug-likeness (QED) is 0.668. The first-order valence-corrected chi connectivity index (χ1v) is 6.95. The molecule has 0 aliphatic carbocycles. The third-order valence-electron chi connectivity index (χ3n) is 3.52. The maximum absolute atomic E-state index is 12.8. The van der Waals surface area contributed by atoms with Crippen LogP contribution in [0.1, 0.15) is 22.0 Å². The van der Waals surface area contributed by atoms with Crippen molar-refractivity contribution in [3.8, 4) is 0 Å². The average Bonchev–Trinajstić information content (AvgIpc) is 3.08. The maximum atomic E-state index is 12.8. The van der Waals surface area contributed by atoms with E-state index >= 15 is 0 Å². The van der Waals surface area contributed by atoms with Gasteiger partial charge in [-0.15, -0.1) is 0 Å². The van der Waals surface area contributed by atoms with E-state index in [2.05, 4.69) is 4.98 Å². The summed E-state index contributed by atoms with van der Waals surface area (Å²) in [4.78, 5) is 16.9. The molecular weight excluding hydrogens is 260 g/mol. The van der Waals surface area contributed by atoms with Gasteiger partial charge in [-0.2, -0.15) is 0 Å². The lowest BCUT2D eigenvalue weighted by Crippen LogP contribution is -2.21. The monoisotopic (exact) mass is 276 g/mol. The van der Waals surface area contributed by atoms with Crippen molar-refractivity contribution < 1.29 is 4.79 Å². The second-order valence-electron chi connectivity index (χ2n) is 4.95. The number of hydrogen-bond donors (Lipinski definition) is 0. The molecule has 1 heterocycles. The van der Waals surface area contributed by atoms with Gasteiger partial charge >= 0.3 is 0 Å². The summed E-state index contributed by atoms with van der Waals surface area (Å²) < 4.78 is 1.88. The molecule has 0 saturated carbocycles.